The molecule has 0 N–H and O–H groups in total. The molecule has 0 unspecified atom stereocenters. The molecule has 0 saturated carbocycles. The van der Waals surface area contributed by atoms with Gasteiger partial charge in [0, 0.05) is 37.9 Å². The van der Waals surface area contributed by atoms with Crippen LogP contribution in [0.5, 0.6) is 0 Å². The van der Waals surface area contributed by atoms with Crippen LogP contribution in [-0.4, -0.2) is 62.1 Å². The predicted octanol–water partition coefficient (Wildman–Crippen LogP) is 1.74. The van der Waals surface area contributed by atoms with Crippen molar-refractivity contribution in [2.75, 3.05) is 40.4 Å². The molecular formula is C17H23N3O2. The molecular weight excluding hydrogens is 278 g/mol. The molecule has 2 rings (SSSR count). The van der Waals surface area contributed by atoms with E-state index in [0.29, 0.717) is 30.9 Å². The van der Waals surface area contributed by atoms with Crippen LogP contribution < -0.4 is 0 Å². The van der Waals surface area contributed by atoms with Gasteiger partial charge >= 0.3 is 0 Å². The van der Waals surface area contributed by atoms with Crippen LogP contribution >= 0.6 is 0 Å². The van der Waals surface area contributed by atoms with Crippen molar-refractivity contribution in [3.8, 4) is 6.07 Å². The van der Waals surface area contributed by atoms with Gasteiger partial charge in [0.05, 0.1) is 11.6 Å². The number of carbonyl (C=O) groups excluding carboxylic acids is 1. The summed E-state index contributed by atoms with van der Waals surface area (Å²) >= 11 is 0. The van der Waals surface area contributed by atoms with Crippen LogP contribution in [0.15, 0.2) is 24.3 Å². The monoisotopic (exact) mass is 301 g/mol. The highest BCUT2D eigenvalue weighted by molar-refractivity contribution is 5.94. The zero-order chi connectivity index (χ0) is 15.9. The first kappa shape index (κ1) is 16.5. The van der Waals surface area contributed by atoms with Crippen molar-refractivity contribution in [2.24, 2.45) is 0 Å². The lowest BCUT2D eigenvalue weighted by Gasteiger charge is -2.35. The van der Waals surface area contributed by atoms with Crippen LogP contribution in [-0.2, 0) is 4.74 Å². The van der Waals surface area contributed by atoms with Crippen molar-refractivity contribution in [2.45, 2.75) is 18.9 Å². The summed E-state index contributed by atoms with van der Waals surface area (Å²) in [6, 6.07) is 9.24. The fourth-order valence-corrected chi connectivity index (χ4v) is 2.64. The second-order valence-corrected chi connectivity index (χ2v) is 5.84. The Labute approximate surface area is 132 Å². The van der Waals surface area contributed by atoms with Gasteiger partial charge in [0.25, 0.3) is 5.91 Å². The topological polar surface area (TPSA) is 56.6 Å². The summed E-state index contributed by atoms with van der Waals surface area (Å²) in [7, 11) is 4.01. The highest BCUT2D eigenvalue weighted by Gasteiger charge is 2.26. The summed E-state index contributed by atoms with van der Waals surface area (Å²) in [5.74, 6) is 0.00542. The van der Waals surface area contributed by atoms with Crippen molar-refractivity contribution in [3.05, 3.63) is 35.4 Å². The van der Waals surface area contributed by atoms with E-state index >= 15 is 0 Å². The molecule has 1 aliphatic rings. The number of amides is 1. The normalized spacial score (nSPS) is 15.5. The van der Waals surface area contributed by atoms with Crippen molar-refractivity contribution < 1.29 is 9.53 Å². The SMILES string of the molecule is CN(C)CCN(C(=O)c1cccc(C#N)c1)C1CCOCC1. The van der Waals surface area contributed by atoms with Crippen LogP contribution in [0.4, 0.5) is 0 Å². The lowest BCUT2D eigenvalue weighted by Crippen LogP contribution is -2.46. The van der Waals surface area contributed by atoms with Gasteiger partial charge in [-0.1, -0.05) is 6.07 Å². The third-order valence-electron chi connectivity index (χ3n) is 3.92. The second-order valence-electron chi connectivity index (χ2n) is 5.84. The molecule has 1 amide bonds. The Balaban J connectivity index is 2.18. The second kappa shape index (κ2) is 7.92. The lowest BCUT2D eigenvalue weighted by atomic mass is 10.0. The van der Waals surface area contributed by atoms with E-state index < -0.39 is 0 Å². The maximum absolute atomic E-state index is 12.9. The molecule has 1 saturated heterocycles. The van der Waals surface area contributed by atoms with Crippen molar-refractivity contribution >= 4 is 5.91 Å². The predicted molar refractivity (Wildman–Crippen MR) is 84.6 cm³/mol. The molecule has 0 radical (unpaired) electrons. The summed E-state index contributed by atoms with van der Waals surface area (Å²) in [5.41, 5.74) is 1.11. The number of hydrogen-bond donors (Lipinski definition) is 0. The molecule has 22 heavy (non-hydrogen) atoms. The standard InChI is InChI=1S/C17H23N3O2/c1-19(2)8-9-20(16-6-10-22-11-7-16)17(21)15-5-3-4-14(12-15)13-18/h3-5,12,16H,6-11H2,1-2H3. The molecule has 0 atom stereocenters. The Morgan fingerprint density at radius 2 is 2.05 bits per heavy atom. The van der Waals surface area contributed by atoms with Gasteiger partial charge in [0.15, 0.2) is 0 Å². The molecule has 5 heteroatoms. The van der Waals surface area contributed by atoms with Gasteiger partial charge in [-0.2, -0.15) is 5.26 Å². The summed E-state index contributed by atoms with van der Waals surface area (Å²) < 4.78 is 5.41. The average molecular weight is 301 g/mol. The third-order valence-corrected chi connectivity index (χ3v) is 3.92. The van der Waals surface area contributed by atoms with Crippen molar-refractivity contribution in [1.29, 1.82) is 5.26 Å². The van der Waals surface area contributed by atoms with Gasteiger partial charge in [-0.3, -0.25) is 4.79 Å². The maximum atomic E-state index is 12.9. The Morgan fingerprint density at radius 3 is 2.68 bits per heavy atom. The van der Waals surface area contributed by atoms with Crippen LogP contribution in [0.3, 0.4) is 0 Å². The first-order chi connectivity index (χ1) is 10.6. The molecule has 1 aromatic carbocycles. The molecule has 0 aromatic heterocycles. The lowest BCUT2D eigenvalue weighted by molar-refractivity contribution is 0.0276. The van der Waals surface area contributed by atoms with Crippen LogP contribution in [0, 0.1) is 11.3 Å². The van der Waals surface area contributed by atoms with E-state index in [9.17, 15) is 4.79 Å². The molecule has 0 aliphatic carbocycles. The molecule has 1 heterocycles. The third kappa shape index (κ3) is 4.30. The summed E-state index contributed by atoms with van der Waals surface area (Å²) in [5, 5.41) is 9.01. The van der Waals surface area contributed by atoms with Crippen LogP contribution in [0.1, 0.15) is 28.8 Å². The minimum Gasteiger partial charge on any atom is -0.381 e. The van der Waals surface area contributed by atoms with Gasteiger partial charge in [-0.25, -0.2) is 0 Å². The van der Waals surface area contributed by atoms with Gasteiger partial charge in [0.2, 0.25) is 0 Å². The number of nitriles is 1. The van der Waals surface area contributed by atoms with Gasteiger partial charge in [-0.05, 0) is 45.1 Å². The average Bonchev–Trinajstić information content (AvgIpc) is 2.55. The van der Waals surface area contributed by atoms with Crippen LogP contribution in [0.25, 0.3) is 0 Å². The molecule has 118 valence electrons. The molecule has 1 fully saturated rings. The number of rotatable bonds is 5. The minimum absolute atomic E-state index is 0.00542. The number of nitrogens with zero attached hydrogens (tertiary/aromatic N) is 3. The Kier molecular flexibility index (Phi) is 5.93. The fraction of sp³-hybridized carbons (Fsp3) is 0.529. The van der Waals surface area contributed by atoms with E-state index in [1.54, 1.807) is 24.3 Å². The largest absolute Gasteiger partial charge is 0.381 e. The number of carbonyl (C=O) groups is 1. The quantitative estimate of drug-likeness (QED) is 0.831. The van der Waals surface area contributed by atoms with Gasteiger partial charge in [0.1, 0.15) is 0 Å². The van der Waals surface area contributed by atoms with E-state index in [2.05, 4.69) is 11.0 Å². The maximum Gasteiger partial charge on any atom is 0.254 e. The van der Waals surface area contributed by atoms with E-state index in [4.69, 9.17) is 10.00 Å². The summed E-state index contributed by atoms with van der Waals surface area (Å²) in [6.07, 6.45) is 1.74. The molecule has 0 bridgehead atoms. The highest BCUT2D eigenvalue weighted by Crippen LogP contribution is 2.18. The molecule has 5 nitrogen and oxygen atoms in total. The molecule has 0 spiro atoms. The van der Waals surface area contributed by atoms with Crippen molar-refractivity contribution in [3.63, 3.8) is 0 Å². The van der Waals surface area contributed by atoms with Crippen LogP contribution in [0.2, 0.25) is 0 Å². The molecule has 1 aromatic rings. The summed E-state index contributed by atoms with van der Waals surface area (Å²) in [6.45, 7) is 2.91. The van der Waals surface area contributed by atoms with E-state index in [0.717, 1.165) is 19.4 Å². The van der Waals surface area contributed by atoms with E-state index in [1.165, 1.54) is 0 Å². The number of benzene rings is 1. The highest BCUT2D eigenvalue weighted by atomic mass is 16.5. The Morgan fingerprint density at radius 1 is 1.32 bits per heavy atom. The fourth-order valence-electron chi connectivity index (χ4n) is 2.64. The van der Waals surface area contributed by atoms with Gasteiger partial charge < -0.3 is 14.5 Å². The zero-order valence-corrected chi connectivity index (χ0v) is 13.3. The first-order valence-corrected chi connectivity index (χ1v) is 7.65. The number of likely N-dealkylation sites (N-methyl/N-ethyl adjacent to an activating group) is 1. The van der Waals surface area contributed by atoms with E-state index in [-0.39, 0.29) is 11.9 Å². The zero-order valence-electron chi connectivity index (χ0n) is 13.3. The smallest absolute Gasteiger partial charge is 0.254 e. The van der Waals surface area contributed by atoms with E-state index in [1.807, 2.05) is 19.0 Å². The molecule has 1 aliphatic heterocycles. The van der Waals surface area contributed by atoms with Crippen molar-refractivity contribution in [1.82, 2.24) is 9.80 Å². The summed E-state index contributed by atoms with van der Waals surface area (Å²) in [4.78, 5) is 16.9. The Bertz CT molecular complexity index is 545. The number of hydrogen-bond acceptors (Lipinski definition) is 4. The minimum atomic E-state index is 0.00542. The first-order valence-electron chi connectivity index (χ1n) is 7.65. The Hall–Kier alpha value is -1.90. The number of ether oxygens (including phenoxy) is 1. The van der Waals surface area contributed by atoms with Gasteiger partial charge in [-0.15, -0.1) is 0 Å².